The highest BCUT2D eigenvalue weighted by molar-refractivity contribution is 6.30. The standard InChI is InChI=1S/C18H18ClN3O2/c19-15-4-6-16(7-5-15)21-17(23)13-10-14(12-20-11-13)18(24)22-8-2-1-3-9-22/h4-7,10-12H,1-3,8-9H2,(H,21,23). The van der Waals surface area contributed by atoms with Crippen LogP contribution in [0.1, 0.15) is 40.0 Å². The second-order valence-electron chi connectivity index (χ2n) is 5.78. The van der Waals surface area contributed by atoms with Crippen LogP contribution in [0.5, 0.6) is 0 Å². The van der Waals surface area contributed by atoms with Crippen molar-refractivity contribution >= 4 is 29.1 Å². The molecule has 2 amide bonds. The number of likely N-dealkylation sites (tertiary alicyclic amines) is 1. The Bertz CT molecular complexity index is 740. The maximum Gasteiger partial charge on any atom is 0.257 e. The molecule has 3 rings (SSSR count). The van der Waals surface area contributed by atoms with Gasteiger partial charge in [-0.15, -0.1) is 0 Å². The van der Waals surface area contributed by atoms with Crippen molar-refractivity contribution in [2.24, 2.45) is 0 Å². The van der Waals surface area contributed by atoms with Crippen LogP contribution in [0.2, 0.25) is 5.02 Å². The molecule has 24 heavy (non-hydrogen) atoms. The zero-order valence-corrected chi connectivity index (χ0v) is 13.9. The fourth-order valence-corrected chi connectivity index (χ4v) is 2.82. The Hall–Kier alpha value is -2.40. The summed E-state index contributed by atoms with van der Waals surface area (Å²) in [6, 6.07) is 8.43. The van der Waals surface area contributed by atoms with Crippen LogP contribution in [-0.2, 0) is 0 Å². The number of carbonyl (C=O) groups excluding carboxylic acids is 2. The van der Waals surface area contributed by atoms with E-state index in [0.717, 1.165) is 32.4 Å². The first-order valence-electron chi connectivity index (χ1n) is 7.95. The van der Waals surface area contributed by atoms with E-state index in [0.29, 0.717) is 21.8 Å². The van der Waals surface area contributed by atoms with Gasteiger partial charge in [0.1, 0.15) is 0 Å². The molecule has 1 fully saturated rings. The third-order valence-corrected chi connectivity index (χ3v) is 4.24. The van der Waals surface area contributed by atoms with Crippen LogP contribution in [0.15, 0.2) is 42.7 Å². The monoisotopic (exact) mass is 343 g/mol. The summed E-state index contributed by atoms with van der Waals surface area (Å²) in [5, 5.41) is 3.37. The highest BCUT2D eigenvalue weighted by Crippen LogP contribution is 2.16. The molecule has 0 aliphatic carbocycles. The maximum atomic E-state index is 12.5. The molecular formula is C18H18ClN3O2. The number of anilines is 1. The van der Waals surface area contributed by atoms with Gasteiger partial charge in [-0.2, -0.15) is 0 Å². The average Bonchev–Trinajstić information content (AvgIpc) is 2.64. The molecular weight excluding hydrogens is 326 g/mol. The number of nitrogens with one attached hydrogen (secondary N) is 1. The summed E-state index contributed by atoms with van der Waals surface area (Å²) in [7, 11) is 0. The van der Waals surface area contributed by atoms with Crippen molar-refractivity contribution in [3.05, 3.63) is 58.9 Å². The third-order valence-electron chi connectivity index (χ3n) is 3.99. The van der Waals surface area contributed by atoms with E-state index in [9.17, 15) is 9.59 Å². The molecule has 1 saturated heterocycles. The number of amides is 2. The number of pyridine rings is 1. The molecule has 0 radical (unpaired) electrons. The van der Waals surface area contributed by atoms with E-state index in [2.05, 4.69) is 10.3 Å². The lowest BCUT2D eigenvalue weighted by atomic mass is 10.1. The fourth-order valence-electron chi connectivity index (χ4n) is 2.70. The SMILES string of the molecule is O=C(Nc1ccc(Cl)cc1)c1cncc(C(=O)N2CCCCC2)c1. The first kappa shape index (κ1) is 16.5. The highest BCUT2D eigenvalue weighted by atomic mass is 35.5. The van der Waals surface area contributed by atoms with Crippen molar-refractivity contribution in [2.45, 2.75) is 19.3 Å². The predicted molar refractivity (Wildman–Crippen MR) is 93.4 cm³/mol. The van der Waals surface area contributed by atoms with Crippen molar-refractivity contribution in [3.8, 4) is 0 Å². The van der Waals surface area contributed by atoms with Gasteiger partial charge in [0.05, 0.1) is 11.1 Å². The van der Waals surface area contributed by atoms with Gasteiger partial charge in [-0.3, -0.25) is 14.6 Å². The van der Waals surface area contributed by atoms with E-state index in [-0.39, 0.29) is 11.8 Å². The minimum Gasteiger partial charge on any atom is -0.339 e. The van der Waals surface area contributed by atoms with Gasteiger partial charge in [0.2, 0.25) is 0 Å². The zero-order valence-electron chi connectivity index (χ0n) is 13.2. The molecule has 6 heteroatoms. The number of aromatic nitrogens is 1. The fraction of sp³-hybridized carbons (Fsp3) is 0.278. The highest BCUT2D eigenvalue weighted by Gasteiger charge is 2.19. The second-order valence-corrected chi connectivity index (χ2v) is 6.21. The predicted octanol–water partition coefficient (Wildman–Crippen LogP) is 3.61. The quantitative estimate of drug-likeness (QED) is 0.926. The summed E-state index contributed by atoms with van der Waals surface area (Å²) in [6.45, 7) is 1.53. The zero-order chi connectivity index (χ0) is 16.9. The van der Waals surface area contributed by atoms with Crippen molar-refractivity contribution in [1.29, 1.82) is 0 Å². The van der Waals surface area contributed by atoms with E-state index in [1.807, 2.05) is 4.90 Å². The number of carbonyl (C=O) groups is 2. The van der Waals surface area contributed by atoms with Crippen LogP contribution in [-0.4, -0.2) is 34.8 Å². The van der Waals surface area contributed by atoms with Crippen LogP contribution >= 0.6 is 11.6 Å². The minimum absolute atomic E-state index is 0.0663. The van der Waals surface area contributed by atoms with Gasteiger partial charge >= 0.3 is 0 Å². The second kappa shape index (κ2) is 7.45. The Labute approximate surface area is 145 Å². The maximum absolute atomic E-state index is 12.5. The topological polar surface area (TPSA) is 62.3 Å². The van der Waals surface area contributed by atoms with Crippen molar-refractivity contribution in [2.75, 3.05) is 18.4 Å². The van der Waals surface area contributed by atoms with Gasteiger partial charge in [0.15, 0.2) is 0 Å². The Morgan fingerprint density at radius 3 is 2.38 bits per heavy atom. The van der Waals surface area contributed by atoms with Crippen molar-refractivity contribution in [3.63, 3.8) is 0 Å². The Morgan fingerprint density at radius 2 is 1.67 bits per heavy atom. The molecule has 2 aromatic rings. The first-order chi connectivity index (χ1) is 11.6. The molecule has 124 valence electrons. The summed E-state index contributed by atoms with van der Waals surface area (Å²) in [5.74, 6) is -0.374. The van der Waals surface area contributed by atoms with E-state index in [1.165, 1.54) is 12.4 Å². The van der Waals surface area contributed by atoms with Gasteiger partial charge in [0.25, 0.3) is 11.8 Å². The largest absolute Gasteiger partial charge is 0.339 e. The number of nitrogens with zero attached hydrogens (tertiary/aromatic N) is 2. The lowest BCUT2D eigenvalue weighted by Gasteiger charge is -2.26. The normalized spacial score (nSPS) is 14.3. The summed E-state index contributed by atoms with van der Waals surface area (Å²) in [6.07, 6.45) is 6.17. The van der Waals surface area contributed by atoms with Crippen LogP contribution in [0.3, 0.4) is 0 Å². The van der Waals surface area contributed by atoms with Crippen LogP contribution in [0, 0.1) is 0 Å². The number of hydrogen-bond acceptors (Lipinski definition) is 3. The number of rotatable bonds is 3. The smallest absolute Gasteiger partial charge is 0.257 e. The molecule has 1 aromatic carbocycles. The molecule has 0 spiro atoms. The molecule has 0 bridgehead atoms. The molecule has 1 N–H and O–H groups in total. The van der Waals surface area contributed by atoms with Crippen LogP contribution in [0.25, 0.3) is 0 Å². The molecule has 2 heterocycles. The van der Waals surface area contributed by atoms with Gasteiger partial charge in [0, 0.05) is 36.2 Å². The molecule has 0 atom stereocenters. The lowest BCUT2D eigenvalue weighted by Crippen LogP contribution is -2.35. The molecule has 0 saturated carbocycles. The lowest BCUT2D eigenvalue weighted by molar-refractivity contribution is 0.0724. The van der Waals surface area contributed by atoms with Crippen LogP contribution in [0.4, 0.5) is 5.69 Å². The Morgan fingerprint density at radius 1 is 1.00 bits per heavy atom. The Balaban J connectivity index is 1.73. The molecule has 1 aromatic heterocycles. The van der Waals surface area contributed by atoms with Crippen LogP contribution < -0.4 is 5.32 Å². The molecule has 5 nitrogen and oxygen atoms in total. The third kappa shape index (κ3) is 3.92. The van der Waals surface area contributed by atoms with E-state index < -0.39 is 0 Å². The summed E-state index contributed by atoms with van der Waals surface area (Å²) in [5.41, 5.74) is 1.44. The first-order valence-corrected chi connectivity index (χ1v) is 8.32. The number of halogens is 1. The van der Waals surface area contributed by atoms with E-state index in [1.54, 1.807) is 30.3 Å². The van der Waals surface area contributed by atoms with E-state index in [4.69, 9.17) is 11.6 Å². The van der Waals surface area contributed by atoms with Crippen molar-refractivity contribution in [1.82, 2.24) is 9.88 Å². The molecule has 0 unspecified atom stereocenters. The Kier molecular flexibility index (Phi) is 5.11. The summed E-state index contributed by atoms with van der Waals surface area (Å²) < 4.78 is 0. The number of benzene rings is 1. The molecule has 1 aliphatic rings. The molecule has 1 aliphatic heterocycles. The number of hydrogen-bond donors (Lipinski definition) is 1. The van der Waals surface area contributed by atoms with Gasteiger partial charge < -0.3 is 10.2 Å². The minimum atomic E-state index is -0.307. The van der Waals surface area contributed by atoms with Crippen molar-refractivity contribution < 1.29 is 9.59 Å². The number of piperidine rings is 1. The average molecular weight is 344 g/mol. The van der Waals surface area contributed by atoms with Gasteiger partial charge in [-0.05, 0) is 49.6 Å². The summed E-state index contributed by atoms with van der Waals surface area (Å²) >= 11 is 5.83. The van der Waals surface area contributed by atoms with Gasteiger partial charge in [-0.25, -0.2) is 0 Å². The summed E-state index contributed by atoms with van der Waals surface area (Å²) in [4.78, 5) is 30.7. The van der Waals surface area contributed by atoms with E-state index >= 15 is 0 Å². The van der Waals surface area contributed by atoms with Gasteiger partial charge in [-0.1, -0.05) is 11.6 Å².